The SMILES string of the molecule is CC(C)(C)OC(=O)N1CCCC(Nc2ncnc3c2CNN3c2ccc(S(C)(=O)=O)cc2)C1. The molecule has 33 heavy (non-hydrogen) atoms. The number of hydrazine groups is 1. The number of carbonyl (C=O) groups excluding carboxylic acids is 1. The smallest absolute Gasteiger partial charge is 0.410 e. The Balaban J connectivity index is 1.48. The topological polar surface area (TPSA) is 117 Å². The molecule has 4 rings (SSSR count). The van der Waals surface area contributed by atoms with Crippen LogP contribution in [0.1, 0.15) is 39.2 Å². The summed E-state index contributed by atoms with van der Waals surface area (Å²) in [6, 6.07) is 6.70. The summed E-state index contributed by atoms with van der Waals surface area (Å²) in [5.41, 5.74) is 4.45. The lowest BCUT2D eigenvalue weighted by atomic mass is 10.1. The highest BCUT2D eigenvalue weighted by Crippen LogP contribution is 2.34. The molecule has 2 N–H and O–H groups in total. The number of rotatable bonds is 4. The lowest BCUT2D eigenvalue weighted by Gasteiger charge is -2.34. The molecule has 1 unspecified atom stereocenters. The fraction of sp³-hybridized carbons (Fsp3) is 0.500. The van der Waals surface area contributed by atoms with Crippen molar-refractivity contribution in [1.29, 1.82) is 0 Å². The standard InChI is InChI=1S/C22H30N6O4S/c1-22(2,3)32-21(29)27-11-5-6-15(13-27)26-19-18-12-25-28(20(18)24-14-23-19)16-7-9-17(10-8-16)33(4,30)31/h7-10,14-15,25H,5-6,11-13H2,1-4H3,(H,23,24,26). The number of fused-ring (bicyclic) bond motifs is 1. The molecule has 178 valence electrons. The summed E-state index contributed by atoms with van der Waals surface area (Å²) in [6.07, 6.45) is 4.18. The van der Waals surface area contributed by atoms with Crippen molar-refractivity contribution in [2.24, 2.45) is 0 Å². The van der Waals surface area contributed by atoms with E-state index in [0.717, 1.165) is 29.9 Å². The van der Waals surface area contributed by atoms with Gasteiger partial charge in [0.2, 0.25) is 0 Å². The van der Waals surface area contributed by atoms with Gasteiger partial charge in [0.05, 0.1) is 16.1 Å². The van der Waals surface area contributed by atoms with E-state index in [2.05, 4.69) is 20.7 Å². The summed E-state index contributed by atoms with van der Waals surface area (Å²) < 4.78 is 29.0. The number of nitrogens with zero attached hydrogens (tertiary/aromatic N) is 4. The number of nitrogens with one attached hydrogen (secondary N) is 2. The van der Waals surface area contributed by atoms with Crippen LogP contribution in [-0.4, -0.2) is 60.4 Å². The van der Waals surface area contributed by atoms with Crippen molar-refractivity contribution in [1.82, 2.24) is 20.3 Å². The second-order valence-electron chi connectivity index (χ2n) is 9.37. The Bertz CT molecular complexity index is 1130. The molecular weight excluding hydrogens is 444 g/mol. The minimum absolute atomic E-state index is 0.0494. The Hall–Kier alpha value is -2.92. The third-order valence-corrected chi connectivity index (χ3v) is 6.61. The normalized spacial score (nSPS) is 18.7. The second kappa shape index (κ2) is 8.79. The van der Waals surface area contributed by atoms with Crippen molar-refractivity contribution in [3.8, 4) is 0 Å². The van der Waals surface area contributed by atoms with Gasteiger partial charge in [-0.1, -0.05) is 0 Å². The predicted octanol–water partition coefficient (Wildman–Crippen LogP) is 2.85. The molecule has 0 saturated carbocycles. The third kappa shape index (κ3) is 5.36. The van der Waals surface area contributed by atoms with Gasteiger partial charge in [-0.25, -0.2) is 28.6 Å². The number of anilines is 3. The van der Waals surface area contributed by atoms with Crippen LogP contribution in [0.3, 0.4) is 0 Å². The van der Waals surface area contributed by atoms with Gasteiger partial charge in [0.15, 0.2) is 15.7 Å². The first-order valence-corrected chi connectivity index (χ1v) is 12.8. The molecule has 2 aromatic rings. The largest absolute Gasteiger partial charge is 0.444 e. The first-order chi connectivity index (χ1) is 15.5. The maximum Gasteiger partial charge on any atom is 0.410 e. The Morgan fingerprint density at radius 3 is 2.61 bits per heavy atom. The van der Waals surface area contributed by atoms with Gasteiger partial charge in [0, 0.05) is 31.9 Å². The second-order valence-corrected chi connectivity index (χ2v) is 11.4. The first kappa shape index (κ1) is 23.2. The molecule has 3 heterocycles. The number of hydrogen-bond donors (Lipinski definition) is 2. The zero-order chi connectivity index (χ0) is 23.8. The van der Waals surface area contributed by atoms with Crippen LogP contribution in [0.5, 0.6) is 0 Å². The van der Waals surface area contributed by atoms with E-state index in [1.165, 1.54) is 12.6 Å². The van der Waals surface area contributed by atoms with Crippen LogP contribution in [0.15, 0.2) is 35.5 Å². The molecule has 0 bridgehead atoms. The van der Waals surface area contributed by atoms with Crippen LogP contribution in [-0.2, 0) is 21.1 Å². The highest BCUT2D eigenvalue weighted by Gasteiger charge is 2.30. The molecular formula is C22H30N6O4S. The minimum atomic E-state index is -3.26. The predicted molar refractivity (Wildman–Crippen MR) is 125 cm³/mol. The number of ether oxygens (including phenoxy) is 1. The maximum absolute atomic E-state index is 12.5. The number of hydrogen-bond acceptors (Lipinski definition) is 9. The molecule has 1 fully saturated rings. The van der Waals surface area contributed by atoms with Crippen LogP contribution in [0.4, 0.5) is 22.1 Å². The van der Waals surface area contributed by atoms with Crippen molar-refractivity contribution in [2.75, 3.05) is 29.7 Å². The fourth-order valence-corrected chi connectivity index (χ4v) is 4.58. The molecule has 1 aromatic heterocycles. The maximum atomic E-state index is 12.5. The van der Waals surface area contributed by atoms with Crippen molar-refractivity contribution in [2.45, 2.75) is 56.7 Å². The number of aromatic nitrogens is 2. The number of sulfone groups is 1. The van der Waals surface area contributed by atoms with Gasteiger partial charge in [-0.05, 0) is 57.9 Å². The van der Waals surface area contributed by atoms with Gasteiger partial charge in [-0.3, -0.25) is 5.01 Å². The monoisotopic (exact) mass is 474 g/mol. The van der Waals surface area contributed by atoms with Gasteiger partial charge in [0.1, 0.15) is 17.7 Å². The van der Waals surface area contributed by atoms with Crippen molar-refractivity contribution in [3.63, 3.8) is 0 Å². The van der Waals surface area contributed by atoms with E-state index in [-0.39, 0.29) is 17.0 Å². The summed E-state index contributed by atoms with van der Waals surface area (Å²) in [5, 5.41) is 5.30. The third-order valence-electron chi connectivity index (χ3n) is 5.49. The molecule has 11 heteroatoms. The fourth-order valence-electron chi connectivity index (χ4n) is 3.95. The zero-order valence-corrected chi connectivity index (χ0v) is 20.1. The number of amides is 1. The average Bonchev–Trinajstić information content (AvgIpc) is 3.17. The molecule has 10 nitrogen and oxygen atoms in total. The average molecular weight is 475 g/mol. The first-order valence-electron chi connectivity index (χ1n) is 10.9. The van der Waals surface area contributed by atoms with E-state index in [0.29, 0.717) is 25.5 Å². The molecule has 2 aliphatic rings. The van der Waals surface area contributed by atoms with Gasteiger partial charge in [-0.15, -0.1) is 0 Å². The van der Waals surface area contributed by atoms with Crippen LogP contribution in [0.2, 0.25) is 0 Å². The van der Waals surface area contributed by atoms with Crippen LogP contribution >= 0.6 is 0 Å². The van der Waals surface area contributed by atoms with Gasteiger partial charge in [-0.2, -0.15) is 0 Å². The number of carbonyl (C=O) groups is 1. The van der Waals surface area contributed by atoms with Crippen LogP contribution in [0, 0.1) is 0 Å². The Morgan fingerprint density at radius 2 is 1.94 bits per heavy atom. The van der Waals surface area contributed by atoms with Crippen LogP contribution < -0.4 is 15.8 Å². The van der Waals surface area contributed by atoms with Crippen molar-refractivity contribution >= 4 is 33.3 Å². The molecule has 0 radical (unpaired) electrons. The lowest BCUT2D eigenvalue weighted by Crippen LogP contribution is -2.47. The summed E-state index contributed by atoms with van der Waals surface area (Å²) >= 11 is 0. The van der Waals surface area contributed by atoms with Gasteiger partial charge >= 0.3 is 6.09 Å². The highest BCUT2D eigenvalue weighted by molar-refractivity contribution is 7.90. The molecule has 1 atom stereocenters. The molecule has 2 aliphatic heterocycles. The summed E-state index contributed by atoms with van der Waals surface area (Å²) in [4.78, 5) is 23.4. The number of benzene rings is 1. The number of likely N-dealkylation sites (tertiary alicyclic amines) is 1. The quantitative estimate of drug-likeness (QED) is 0.690. The molecule has 1 amide bonds. The molecule has 0 spiro atoms. The van der Waals surface area contributed by atoms with Crippen molar-refractivity contribution in [3.05, 3.63) is 36.2 Å². The van der Waals surface area contributed by atoms with Crippen LogP contribution in [0.25, 0.3) is 0 Å². The van der Waals surface area contributed by atoms with Crippen molar-refractivity contribution < 1.29 is 17.9 Å². The Morgan fingerprint density at radius 1 is 1.21 bits per heavy atom. The summed E-state index contributed by atoms with van der Waals surface area (Å²) in [5.74, 6) is 1.43. The van der Waals surface area contributed by atoms with E-state index >= 15 is 0 Å². The zero-order valence-electron chi connectivity index (χ0n) is 19.3. The van der Waals surface area contributed by atoms with Gasteiger partial charge < -0.3 is 15.0 Å². The summed E-state index contributed by atoms with van der Waals surface area (Å²) in [6.45, 7) is 7.33. The Kier molecular flexibility index (Phi) is 6.19. The van der Waals surface area contributed by atoms with Gasteiger partial charge in [0.25, 0.3) is 0 Å². The highest BCUT2D eigenvalue weighted by atomic mass is 32.2. The lowest BCUT2D eigenvalue weighted by molar-refractivity contribution is 0.0206. The molecule has 1 aromatic carbocycles. The number of piperidine rings is 1. The van der Waals surface area contributed by atoms with E-state index in [9.17, 15) is 13.2 Å². The Labute approximate surface area is 194 Å². The molecule has 0 aliphatic carbocycles. The van der Waals surface area contributed by atoms with E-state index < -0.39 is 15.4 Å². The van der Waals surface area contributed by atoms with E-state index in [1.54, 1.807) is 29.2 Å². The minimum Gasteiger partial charge on any atom is -0.444 e. The van der Waals surface area contributed by atoms with E-state index in [1.807, 2.05) is 25.8 Å². The molecule has 1 saturated heterocycles. The van der Waals surface area contributed by atoms with E-state index in [4.69, 9.17) is 4.74 Å². The summed E-state index contributed by atoms with van der Waals surface area (Å²) in [7, 11) is -3.26.